The van der Waals surface area contributed by atoms with E-state index in [1.54, 1.807) is 14.2 Å². The summed E-state index contributed by atoms with van der Waals surface area (Å²) >= 11 is 0. The first-order valence-corrected chi connectivity index (χ1v) is 6.76. The zero-order valence-electron chi connectivity index (χ0n) is 13.0. The maximum Gasteiger partial charge on any atom is 0.161 e. The molecule has 0 spiro atoms. The highest BCUT2D eigenvalue weighted by atomic mass is 16.5. The number of benzene rings is 2. The lowest BCUT2D eigenvalue weighted by Crippen LogP contribution is -2.08. The van der Waals surface area contributed by atoms with Gasteiger partial charge in [-0.15, -0.1) is 0 Å². The number of hydrogen-bond acceptors (Lipinski definition) is 3. The van der Waals surface area contributed by atoms with Gasteiger partial charge in [0.2, 0.25) is 0 Å². The molecule has 0 N–H and O–H groups in total. The van der Waals surface area contributed by atoms with E-state index in [1.165, 1.54) is 5.69 Å². The van der Waals surface area contributed by atoms with Gasteiger partial charge in [-0.3, -0.25) is 0 Å². The molecule has 2 aromatic rings. The Bertz CT molecular complexity index is 630. The zero-order chi connectivity index (χ0) is 15.4. The molecule has 0 saturated heterocycles. The van der Waals surface area contributed by atoms with E-state index in [1.807, 2.05) is 32.3 Å². The standard InChI is InChI=1S/C18H21NO2/c1-13(14-6-9-16(10-7-14)19(2)3)15-8-11-17(20-4)18(12-15)21-5/h6-12H,1H2,2-5H3. The fraction of sp³-hybridized carbons (Fsp3) is 0.222. The van der Waals surface area contributed by atoms with Gasteiger partial charge in [0.25, 0.3) is 0 Å². The maximum atomic E-state index is 5.34. The number of rotatable bonds is 5. The molecule has 0 unspecified atom stereocenters. The van der Waals surface area contributed by atoms with Crippen LogP contribution in [0.1, 0.15) is 11.1 Å². The zero-order valence-corrected chi connectivity index (χ0v) is 13.0. The second-order valence-electron chi connectivity index (χ2n) is 4.99. The normalized spacial score (nSPS) is 10.1. The third-order valence-corrected chi connectivity index (χ3v) is 3.46. The fourth-order valence-corrected chi connectivity index (χ4v) is 2.15. The second-order valence-corrected chi connectivity index (χ2v) is 4.99. The lowest BCUT2D eigenvalue weighted by atomic mass is 9.99. The molecule has 0 amide bonds. The Hall–Kier alpha value is -2.42. The highest BCUT2D eigenvalue weighted by Crippen LogP contribution is 2.32. The quantitative estimate of drug-likeness (QED) is 0.832. The molecule has 3 nitrogen and oxygen atoms in total. The Morgan fingerprint density at radius 3 is 1.95 bits per heavy atom. The van der Waals surface area contributed by atoms with E-state index in [0.717, 1.165) is 22.4 Å². The first-order valence-electron chi connectivity index (χ1n) is 6.76. The summed E-state index contributed by atoms with van der Waals surface area (Å²) in [6, 6.07) is 14.2. The minimum Gasteiger partial charge on any atom is -0.493 e. The van der Waals surface area contributed by atoms with Crippen molar-refractivity contribution in [1.82, 2.24) is 0 Å². The summed E-state index contributed by atoms with van der Waals surface area (Å²) in [5.74, 6) is 1.43. The Kier molecular flexibility index (Phi) is 4.53. The summed E-state index contributed by atoms with van der Waals surface area (Å²) in [4.78, 5) is 2.07. The van der Waals surface area contributed by atoms with E-state index in [0.29, 0.717) is 5.75 Å². The number of ether oxygens (including phenoxy) is 2. The predicted molar refractivity (Wildman–Crippen MR) is 88.5 cm³/mol. The monoisotopic (exact) mass is 283 g/mol. The molecule has 0 radical (unpaired) electrons. The van der Waals surface area contributed by atoms with Gasteiger partial charge in [-0.1, -0.05) is 24.8 Å². The van der Waals surface area contributed by atoms with E-state index in [-0.39, 0.29) is 0 Å². The highest BCUT2D eigenvalue weighted by Gasteiger charge is 2.08. The number of nitrogens with zero attached hydrogens (tertiary/aromatic N) is 1. The van der Waals surface area contributed by atoms with E-state index in [2.05, 4.69) is 35.7 Å². The molecule has 0 bridgehead atoms. The average molecular weight is 283 g/mol. The molecule has 2 rings (SSSR count). The summed E-state index contributed by atoms with van der Waals surface area (Å²) < 4.78 is 10.6. The lowest BCUT2D eigenvalue weighted by molar-refractivity contribution is 0.355. The third-order valence-electron chi connectivity index (χ3n) is 3.46. The molecule has 0 heterocycles. The van der Waals surface area contributed by atoms with E-state index in [4.69, 9.17) is 9.47 Å². The van der Waals surface area contributed by atoms with Gasteiger partial charge < -0.3 is 14.4 Å². The van der Waals surface area contributed by atoms with Crippen molar-refractivity contribution < 1.29 is 9.47 Å². The molecule has 0 saturated carbocycles. The lowest BCUT2D eigenvalue weighted by Gasteiger charge is -2.14. The largest absolute Gasteiger partial charge is 0.493 e. The van der Waals surface area contributed by atoms with Crippen LogP contribution in [0.15, 0.2) is 49.0 Å². The first-order chi connectivity index (χ1) is 10.1. The Labute approximate surface area is 126 Å². The van der Waals surface area contributed by atoms with Gasteiger partial charge in [-0.25, -0.2) is 0 Å². The van der Waals surface area contributed by atoms with Crippen LogP contribution >= 0.6 is 0 Å². The fourth-order valence-electron chi connectivity index (χ4n) is 2.15. The van der Waals surface area contributed by atoms with Crippen molar-refractivity contribution in [2.24, 2.45) is 0 Å². The van der Waals surface area contributed by atoms with Gasteiger partial charge in [0.15, 0.2) is 11.5 Å². The van der Waals surface area contributed by atoms with Crippen molar-refractivity contribution in [3.63, 3.8) is 0 Å². The second kappa shape index (κ2) is 6.35. The van der Waals surface area contributed by atoms with Crippen molar-refractivity contribution in [2.75, 3.05) is 33.2 Å². The molecule has 3 heteroatoms. The van der Waals surface area contributed by atoms with Crippen molar-refractivity contribution >= 4 is 11.3 Å². The molecule has 110 valence electrons. The van der Waals surface area contributed by atoms with Crippen LogP contribution in [0.2, 0.25) is 0 Å². The van der Waals surface area contributed by atoms with Crippen molar-refractivity contribution in [2.45, 2.75) is 0 Å². The highest BCUT2D eigenvalue weighted by molar-refractivity contribution is 5.79. The molecular formula is C18H21NO2. The van der Waals surface area contributed by atoms with Crippen LogP contribution in [-0.4, -0.2) is 28.3 Å². The molecule has 21 heavy (non-hydrogen) atoms. The molecule has 0 atom stereocenters. The molecule has 2 aromatic carbocycles. The van der Waals surface area contributed by atoms with Gasteiger partial charge in [0, 0.05) is 19.8 Å². The van der Waals surface area contributed by atoms with Gasteiger partial charge >= 0.3 is 0 Å². The molecule has 0 fully saturated rings. The Morgan fingerprint density at radius 1 is 0.857 bits per heavy atom. The van der Waals surface area contributed by atoms with Gasteiger partial charge in [-0.2, -0.15) is 0 Å². The van der Waals surface area contributed by atoms with Crippen LogP contribution < -0.4 is 14.4 Å². The molecule has 0 aliphatic heterocycles. The first kappa shape index (κ1) is 15.0. The summed E-state index contributed by atoms with van der Waals surface area (Å²) in [5.41, 5.74) is 4.23. The third kappa shape index (κ3) is 3.19. The van der Waals surface area contributed by atoms with E-state index >= 15 is 0 Å². The van der Waals surface area contributed by atoms with Crippen molar-refractivity contribution in [3.8, 4) is 11.5 Å². The smallest absolute Gasteiger partial charge is 0.161 e. The van der Waals surface area contributed by atoms with E-state index < -0.39 is 0 Å². The van der Waals surface area contributed by atoms with Gasteiger partial charge in [0.05, 0.1) is 14.2 Å². The summed E-state index contributed by atoms with van der Waals surface area (Å²) in [6.07, 6.45) is 0. The Morgan fingerprint density at radius 2 is 1.43 bits per heavy atom. The molecular weight excluding hydrogens is 262 g/mol. The van der Waals surface area contributed by atoms with Crippen LogP contribution in [0.25, 0.3) is 5.57 Å². The van der Waals surface area contributed by atoms with Crippen LogP contribution in [0, 0.1) is 0 Å². The van der Waals surface area contributed by atoms with Crippen LogP contribution in [-0.2, 0) is 0 Å². The van der Waals surface area contributed by atoms with Crippen LogP contribution in [0.5, 0.6) is 11.5 Å². The summed E-state index contributed by atoms with van der Waals surface area (Å²) in [7, 11) is 7.32. The topological polar surface area (TPSA) is 21.7 Å². The van der Waals surface area contributed by atoms with Crippen LogP contribution in [0.3, 0.4) is 0 Å². The van der Waals surface area contributed by atoms with Crippen molar-refractivity contribution in [3.05, 3.63) is 60.2 Å². The SMILES string of the molecule is C=C(c1ccc(N(C)C)cc1)c1ccc(OC)c(OC)c1. The predicted octanol–water partition coefficient (Wildman–Crippen LogP) is 3.83. The molecule has 0 aliphatic rings. The molecule has 0 aromatic heterocycles. The maximum absolute atomic E-state index is 5.34. The number of hydrogen-bond donors (Lipinski definition) is 0. The Balaban J connectivity index is 2.31. The summed E-state index contributed by atoms with van der Waals surface area (Å²) in [5, 5.41) is 0. The van der Waals surface area contributed by atoms with Gasteiger partial charge in [0.1, 0.15) is 0 Å². The minimum absolute atomic E-state index is 0.709. The average Bonchev–Trinajstić information content (AvgIpc) is 2.53. The molecule has 0 aliphatic carbocycles. The van der Waals surface area contributed by atoms with Crippen LogP contribution in [0.4, 0.5) is 5.69 Å². The van der Waals surface area contributed by atoms with Crippen molar-refractivity contribution in [1.29, 1.82) is 0 Å². The van der Waals surface area contributed by atoms with E-state index in [9.17, 15) is 0 Å². The summed E-state index contributed by atoms with van der Waals surface area (Å²) in [6.45, 7) is 4.19. The van der Waals surface area contributed by atoms with Gasteiger partial charge in [-0.05, 0) is 41.0 Å². The minimum atomic E-state index is 0.709. The number of methoxy groups -OCH3 is 2. The number of anilines is 1.